The van der Waals surface area contributed by atoms with E-state index < -0.39 is 30.4 Å². The number of nitrogens with one attached hydrogen (secondary N) is 1. The average molecular weight is 450 g/mol. The SMILES string of the molecule is COC(=O)c1ccc(C(=O)OC)c(NC(=O)COC(=O)c2c(C)c(C)nc3ccccc23)c1. The van der Waals surface area contributed by atoms with E-state index in [0.29, 0.717) is 27.7 Å². The van der Waals surface area contributed by atoms with Crippen molar-refractivity contribution in [2.24, 2.45) is 0 Å². The minimum Gasteiger partial charge on any atom is -0.465 e. The molecule has 0 aliphatic rings. The van der Waals surface area contributed by atoms with E-state index in [2.05, 4.69) is 15.0 Å². The minimum absolute atomic E-state index is 0.0205. The van der Waals surface area contributed by atoms with Crippen LogP contribution in [0.2, 0.25) is 0 Å². The van der Waals surface area contributed by atoms with E-state index in [4.69, 9.17) is 9.47 Å². The van der Waals surface area contributed by atoms with Gasteiger partial charge in [0.1, 0.15) is 0 Å². The molecule has 1 N–H and O–H groups in total. The molecule has 0 saturated carbocycles. The fourth-order valence-electron chi connectivity index (χ4n) is 3.26. The van der Waals surface area contributed by atoms with Gasteiger partial charge in [-0.15, -0.1) is 0 Å². The van der Waals surface area contributed by atoms with Crippen LogP contribution in [0.4, 0.5) is 5.69 Å². The second-order valence-corrected chi connectivity index (χ2v) is 7.08. The molecule has 3 aromatic rings. The van der Waals surface area contributed by atoms with Crippen LogP contribution >= 0.6 is 0 Å². The molecule has 0 saturated heterocycles. The van der Waals surface area contributed by atoms with Crippen LogP contribution in [0.25, 0.3) is 10.9 Å². The Hall–Kier alpha value is -4.27. The maximum absolute atomic E-state index is 12.8. The summed E-state index contributed by atoms with van der Waals surface area (Å²) in [5, 5.41) is 3.09. The summed E-state index contributed by atoms with van der Waals surface area (Å²) in [4.78, 5) is 53.6. The number of hydrogen-bond donors (Lipinski definition) is 1. The zero-order valence-electron chi connectivity index (χ0n) is 18.6. The zero-order valence-corrected chi connectivity index (χ0v) is 18.6. The molecule has 1 amide bonds. The van der Waals surface area contributed by atoms with Gasteiger partial charge in [-0.3, -0.25) is 9.78 Å². The van der Waals surface area contributed by atoms with Gasteiger partial charge in [0.2, 0.25) is 0 Å². The fraction of sp³-hybridized carbons (Fsp3) is 0.208. The number of aryl methyl sites for hydroxylation is 1. The normalized spacial score (nSPS) is 10.4. The summed E-state index contributed by atoms with van der Waals surface area (Å²) in [7, 11) is 2.40. The van der Waals surface area contributed by atoms with Crippen LogP contribution < -0.4 is 5.32 Å². The highest BCUT2D eigenvalue weighted by molar-refractivity contribution is 6.07. The maximum atomic E-state index is 12.8. The lowest BCUT2D eigenvalue weighted by Crippen LogP contribution is -2.23. The summed E-state index contributed by atoms with van der Waals surface area (Å²) in [6, 6.07) is 11.1. The number of anilines is 1. The average Bonchev–Trinajstić information content (AvgIpc) is 2.82. The number of benzene rings is 2. The van der Waals surface area contributed by atoms with E-state index in [1.54, 1.807) is 32.0 Å². The number of para-hydroxylation sites is 1. The minimum atomic E-state index is -0.715. The number of methoxy groups -OCH3 is 2. The number of carbonyl (C=O) groups is 4. The highest BCUT2D eigenvalue weighted by Gasteiger charge is 2.21. The van der Waals surface area contributed by atoms with Crippen LogP contribution in [0.1, 0.15) is 42.3 Å². The van der Waals surface area contributed by atoms with Gasteiger partial charge >= 0.3 is 17.9 Å². The molecule has 0 bridgehead atoms. The number of aromatic nitrogens is 1. The molecule has 0 fully saturated rings. The van der Waals surface area contributed by atoms with Crippen LogP contribution in [-0.2, 0) is 19.0 Å². The molecule has 0 atom stereocenters. The van der Waals surface area contributed by atoms with Crippen molar-refractivity contribution in [3.05, 3.63) is 70.4 Å². The highest BCUT2D eigenvalue weighted by atomic mass is 16.5. The summed E-state index contributed by atoms with van der Waals surface area (Å²) in [5.74, 6) is -2.75. The number of esters is 3. The first-order chi connectivity index (χ1) is 15.8. The maximum Gasteiger partial charge on any atom is 0.339 e. The van der Waals surface area contributed by atoms with Crippen molar-refractivity contribution < 1.29 is 33.4 Å². The van der Waals surface area contributed by atoms with Crippen LogP contribution in [0, 0.1) is 13.8 Å². The van der Waals surface area contributed by atoms with E-state index in [0.717, 1.165) is 0 Å². The standard InChI is InChI=1S/C24H22N2O7/c1-13-14(2)25-18-8-6-5-7-16(18)21(13)24(30)33-12-20(27)26-19-11-15(22(28)31-3)9-10-17(19)23(29)32-4/h5-11H,12H2,1-4H3,(H,26,27). The first-order valence-corrected chi connectivity index (χ1v) is 9.90. The van der Waals surface area contributed by atoms with Crippen molar-refractivity contribution in [2.75, 3.05) is 26.1 Å². The van der Waals surface area contributed by atoms with Gasteiger partial charge < -0.3 is 19.5 Å². The van der Waals surface area contributed by atoms with Crippen molar-refractivity contribution in [3.63, 3.8) is 0 Å². The Balaban J connectivity index is 1.81. The number of pyridine rings is 1. The third-order valence-electron chi connectivity index (χ3n) is 5.04. The number of fused-ring (bicyclic) bond motifs is 1. The molecule has 9 heteroatoms. The van der Waals surface area contributed by atoms with Gasteiger partial charge in [-0.1, -0.05) is 18.2 Å². The third kappa shape index (κ3) is 4.98. The van der Waals surface area contributed by atoms with Gasteiger partial charge in [0.25, 0.3) is 5.91 Å². The smallest absolute Gasteiger partial charge is 0.339 e. The zero-order chi connectivity index (χ0) is 24.1. The van der Waals surface area contributed by atoms with E-state index in [-0.39, 0.29) is 16.8 Å². The molecule has 0 aliphatic carbocycles. The van der Waals surface area contributed by atoms with Gasteiger partial charge in [-0.25, -0.2) is 14.4 Å². The summed E-state index contributed by atoms with van der Waals surface area (Å²) in [6.45, 7) is 2.93. The topological polar surface area (TPSA) is 121 Å². The Kier molecular flexibility index (Phi) is 7.02. The van der Waals surface area contributed by atoms with E-state index in [1.807, 2.05) is 6.07 Å². The predicted molar refractivity (Wildman–Crippen MR) is 119 cm³/mol. The third-order valence-corrected chi connectivity index (χ3v) is 5.04. The molecule has 0 unspecified atom stereocenters. The summed E-state index contributed by atoms with van der Waals surface area (Å²) < 4.78 is 14.6. The Morgan fingerprint density at radius 1 is 0.909 bits per heavy atom. The second-order valence-electron chi connectivity index (χ2n) is 7.08. The first-order valence-electron chi connectivity index (χ1n) is 9.90. The molecular weight excluding hydrogens is 428 g/mol. The van der Waals surface area contributed by atoms with E-state index in [1.165, 1.54) is 32.4 Å². The van der Waals surface area contributed by atoms with E-state index in [9.17, 15) is 19.2 Å². The fourth-order valence-corrected chi connectivity index (χ4v) is 3.26. The van der Waals surface area contributed by atoms with Gasteiger partial charge in [-0.05, 0) is 43.7 Å². The molecule has 0 radical (unpaired) electrons. The number of amides is 1. The van der Waals surface area contributed by atoms with Crippen molar-refractivity contribution in [3.8, 4) is 0 Å². The molecule has 3 rings (SSSR count). The van der Waals surface area contributed by atoms with Crippen LogP contribution in [-0.4, -0.2) is 49.6 Å². The highest BCUT2D eigenvalue weighted by Crippen LogP contribution is 2.24. The van der Waals surface area contributed by atoms with Crippen molar-refractivity contribution in [2.45, 2.75) is 13.8 Å². The Labute approximate surface area is 189 Å². The molecular formula is C24H22N2O7. The van der Waals surface area contributed by atoms with Crippen LogP contribution in [0.3, 0.4) is 0 Å². The van der Waals surface area contributed by atoms with Crippen LogP contribution in [0.15, 0.2) is 42.5 Å². The molecule has 0 spiro atoms. The second kappa shape index (κ2) is 9.90. The number of carbonyl (C=O) groups excluding carboxylic acids is 4. The van der Waals surface area contributed by atoms with Crippen molar-refractivity contribution in [1.29, 1.82) is 0 Å². The predicted octanol–water partition coefficient (Wildman–Crippen LogP) is 3.22. The Morgan fingerprint density at radius 2 is 1.61 bits per heavy atom. The summed E-state index contributed by atoms with van der Waals surface area (Å²) >= 11 is 0. The van der Waals surface area contributed by atoms with Gasteiger partial charge in [0.05, 0.1) is 42.1 Å². The monoisotopic (exact) mass is 450 g/mol. The number of hydrogen-bond acceptors (Lipinski definition) is 8. The van der Waals surface area contributed by atoms with Gasteiger partial charge in [0.15, 0.2) is 6.61 Å². The first kappa shape index (κ1) is 23.4. The molecule has 0 aliphatic heterocycles. The Morgan fingerprint density at radius 3 is 2.30 bits per heavy atom. The van der Waals surface area contributed by atoms with E-state index >= 15 is 0 Å². The quantitative estimate of drug-likeness (QED) is 0.449. The number of ether oxygens (including phenoxy) is 3. The van der Waals surface area contributed by atoms with Crippen molar-refractivity contribution in [1.82, 2.24) is 4.98 Å². The molecule has 9 nitrogen and oxygen atoms in total. The van der Waals surface area contributed by atoms with Crippen molar-refractivity contribution >= 4 is 40.4 Å². The number of nitrogens with zero attached hydrogens (tertiary/aromatic N) is 1. The lowest BCUT2D eigenvalue weighted by Gasteiger charge is -2.13. The molecule has 33 heavy (non-hydrogen) atoms. The lowest BCUT2D eigenvalue weighted by molar-refractivity contribution is -0.119. The molecule has 2 aromatic carbocycles. The molecule has 1 aromatic heterocycles. The summed E-state index contributed by atoms with van der Waals surface area (Å²) in [5.41, 5.74) is 2.45. The largest absolute Gasteiger partial charge is 0.465 e. The molecule has 170 valence electrons. The molecule has 1 heterocycles. The lowest BCUT2D eigenvalue weighted by atomic mass is 10.0. The van der Waals surface area contributed by atoms with Gasteiger partial charge in [-0.2, -0.15) is 0 Å². The van der Waals surface area contributed by atoms with Gasteiger partial charge in [0, 0.05) is 11.1 Å². The number of rotatable bonds is 6. The Bertz CT molecular complexity index is 1270. The summed E-state index contributed by atoms with van der Waals surface area (Å²) in [6.07, 6.45) is 0. The van der Waals surface area contributed by atoms with Crippen LogP contribution in [0.5, 0.6) is 0 Å².